The number of likely N-dealkylation sites (tertiary alicyclic amines) is 1. The molecule has 158 valence electrons. The van der Waals surface area contributed by atoms with Crippen LogP contribution in [0.4, 0.5) is 5.82 Å². The molecule has 3 heterocycles. The molecule has 1 aromatic heterocycles. The number of anilines is 1. The van der Waals surface area contributed by atoms with Crippen LogP contribution >= 0.6 is 24.0 Å². The number of piperidine rings is 1. The lowest BCUT2D eigenvalue weighted by Gasteiger charge is -2.34. The van der Waals surface area contributed by atoms with Crippen LogP contribution < -0.4 is 10.2 Å². The molecule has 2 fully saturated rings. The smallest absolute Gasteiger partial charge is 0.194 e. The van der Waals surface area contributed by atoms with Gasteiger partial charge in [0, 0.05) is 51.1 Å². The molecule has 2 saturated heterocycles. The molecule has 28 heavy (non-hydrogen) atoms. The maximum absolute atomic E-state index is 5.77. The molecule has 0 unspecified atom stereocenters. The van der Waals surface area contributed by atoms with E-state index >= 15 is 0 Å². The van der Waals surface area contributed by atoms with Crippen molar-refractivity contribution in [2.24, 2.45) is 4.99 Å². The molecule has 0 radical (unpaired) electrons. The van der Waals surface area contributed by atoms with Gasteiger partial charge in [-0.25, -0.2) is 9.98 Å². The van der Waals surface area contributed by atoms with Crippen LogP contribution in [0, 0.1) is 0 Å². The van der Waals surface area contributed by atoms with E-state index in [1.807, 2.05) is 12.3 Å². The van der Waals surface area contributed by atoms with E-state index in [-0.39, 0.29) is 24.0 Å². The van der Waals surface area contributed by atoms with Gasteiger partial charge >= 0.3 is 0 Å². The van der Waals surface area contributed by atoms with Gasteiger partial charge in [0.25, 0.3) is 0 Å². The van der Waals surface area contributed by atoms with E-state index in [9.17, 15) is 0 Å². The van der Waals surface area contributed by atoms with Crippen molar-refractivity contribution in [3.63, 3.8) is 0 Å². The van der Waals surface area contributed by atoms with Gasteiger partial charge in [0.2, 0.25) is 0 Å². The minimum absolute atomic E-state index is 0. The van der Waals surface area contributed by atoms with Crippen molar-refractivity contribution in [3.05, 3.63) is 23.9 Å². The Bertz CT molecular complexity index is 602. The molecule has 1 N–H and O–H groups in total. The Balaban J connectivity index is 0.00000280. The van der Waals surface area contributed by atoms with E-state index in [1.54, 1.807) is 0 Å². The minimum Gasteiger partial charge on any atom is -0.378 e. The molecule has 2 aliphatic rings. The van der Waals surface area contributed by atoms with Crippen LogP contribution in [-0.2, 0) is 16.0 Å². The second-order valence-electron chi connectivity index (χ2n) is 6.90. The first kappa shape index (κ1) is 23.2. The number of rotatable bonds is 6. The Morgan fingerprint density at radius 2 is 2.00 bits per heavy atom. The fourth-order valence-corrected chi connectivity index (χ4v) is 3.67. The molecule has 0 bridgehead atoms. The molecule has 1 aromatic rings. The Kier molecular flexibility index (Phi) is 10.3. The number of aliphatic imine (C=N–C) groups is 1. The average molecular weight is 503 g/mol. The van der Waals surface area contributed by atoms with Gasteiger partial charge in [0.15, 0.2) is 5.96 Å². The van der Waals surface area contributed by atoms with Crippen molar-refractivity contribution < 1.29 is 9.47 Å². The zero-order valence-electron chi connectivity index (χ0n) is 17.1. The van der Waals surface area contributed by atoms with Gasteiger partial charge in [0.05, 0.1) is 25.9 Å². The van der Waals surface area contributed by atoms with E-state index in [2.05, 4.69) is 40.0 Å². The van der Waals surface area contributed by atoms with E-state index in [1.165, 1.54) is 5.56 Å². The summed E-state index contributed by atoms with van der Waals surface area (Å²) in [5.41, 5.74) is 1.17. The van der Waals surface area contributed by atoms with Gasteiger partial charge in [0.1, 0.15) is 5.82 Å². The first-order chi connectivity index (χ1) is 13.3. The van der Waals surface area contributed by atoms with E-state index in [4.69, 9.17) is 14.5 Å². The summed E-state index contributed by atoms with van der Waals surface area (Å²) in [6.07, 6.45) is 4.37. The molecule has 2 aliphatic heterocycles. The van der Waals surface area contributed by atoms with Gasteiger partial charge in [-0.3, -0.25) is 0 Å². The van der Waals surface area contributed by atoms with Crippen LogP contribution in [0.3, 0.4) is 0 Å². The fraction of sp³-hybridized carbons (Fsp3) is 0.700. The first-order valence-corrected chi connectivity index (χ1v) is 10.2. The van der Waals surface area contributed by atoms with Crippen LogP contribution in [0.1, 0.15) is 32.3 Å². The summed E-state index contributed by atoms with van der Waals surface area (Å²) < 4.78 is 11.2. The van der Waals surface area contributed by atoms with Crippen LogP contribution in [0.5, 0.6) is 0 Å². The molecule has 0 amide bonds. The standard InChI is InChI=1S/C20H33N5O2.HI/c1-3-21-20(25-10-7-18(8-11-25)27-4-2)23-16-17-6-5-9-22-19(17)24-12-14-26-15-13-24;/h5-6,9,18H,3-4,7-8,10-16H2,1-2H3,(H,21,23);1H. The number of aromatic nitrogens is 1. The second-order valence-corrected chi connectivity index (χ2v) is 6.90. The Morgan fingerprint density at radius 1 is 1.25 bits per heavy atom. The van der Waals surface area contributed by atoms with Crippen LogP contribution in [-0.4, -0.2) is 74.5 Å². The number of guanidine groups is 1. The van der Waals surface area contributed by atoms with Gasteiger partial charge in [-0.15, -0.1) is 24.0 Å². The third-order valence-electron chi connectivity index (χ3n) is 5.06. The highest BCUT2D eigenvalue weighted by atomic mass is 127. The lowest BCUT2D eigenvalue weighted by atomic mass is 10.1. The summed E-state index contributed by atoms with van der Waals surface area (Å²) in [5, 5.41) is 3.45. The number of hydrogen-bond donors (Lipinski definition) is 1. The van der Waals surface area contributed by atoms with Crippen molar-refractivity contribution in [2.75, 3.05) is 57.4 Å². The maximum atomic E-state index is 5.77. The Hall–Kier alpha value is -1.13. The molecule has 0 saturated carbocycles. The monoisotopic (exact) mass is 503 g/mol. The zero-order valence-corrected chi connectivity index (χ0v) is 19.4. The molecule has 7 nitrogen and oxygen atoms in total. The summed E-state index contributed by atoms with van der Waals surface area (Å²) >= 11 is 0. The lowest BCUT2D eigenvalue weighted by molar-refractivity contribution is 0.0263. The molecule has 0 aromatic carbocycles. The minimum atomic E-state index is 0. The third-order valence-corrected chi connectivity index (χ3v) is 5.06. The Labute approximate surface area is 185 Å². The number of morpholine rings is 1. The van der Waals surface area contributed by atoms with Gasteiger partial charge in [-0.1, -0.05) is 6.07 Å². The predicted octanol–water partition coefficient (Wildman–Crippen LogP) is 2.50. The number of hydrogen-bond acceptors (Lipinski definition) is 5. The highest BCUT2D eigenvalue weighted by molar-refractivity contribution is 14.0. The topological polar surface area (TPSA) is 62.2 Å². The van der Waals surface area contributed by atoms with E-state index < -0.39 is 0 Å². The van der Waals surface area contributed by atoms with E-state index in [0.29, 0.717) is 12.6 Å². The van der Waals surface area contributed by atoms with Crippen LogP contribution in [0.2, 0.25) is 0 Å². The number of nitrogens with one attached hydrogen (secondary N) is 1. The Morgan fingerprint density at radius 3 is 2.68 bits per heavy atom. The summed E-state index contributed by atoms with van der Waals surface area (Å²) in [6, 6.07) is 4.13. The summed E-state index contributed by atoms with van der Waals surface area (Å²) in [7, 11) is 0. The molecule has 0 aliphatic carbocycles. The third kappa shape index (κ3) is 6.45. The summed E-state index contributed by atoms with van der Waals surface area (Å²) in [6.45, 7) is 11.8. The number of pyridine rings is 1. The molecular weight excluding hydrogens is 469 g/mol. The normalized spacial score (nSPS) is 18.7. The van der Waals surface area contributed by atoms with Crippen molar-refractivity contribution in [1.29, 1.82) is 0 Å². The number of ether oxygens (including phenoxy) is 2. The first-order valence-electron chi connectivity index (χ1n) is 10.2. The molecule has 0 atom stereocenters. The van der Waals surface area contributed by atoms with Crippen LogP contribution in [0.25, 0.3) is 0 Å². The molecule has 8 heteroatoms. The largest absolute Gasteiger partial charge is 0.378 e. The zero-order chi connectivity index (χ0) is 18.9. The van der Waals surface area contributed by atoms with E-state index in [0.717, 1.165) is 77.2 Å². The average Bonchev–Trinajstić information content (AvgIpc) is 2.73. The summed E-state index contributed by atoms with van der Waals surface area (Å²) in [4.78, 5) is 14.2. The maximum Gasteiger partial charge on any atom is 0.194 e. The van der Waals surface area contributed by atoms with Crippen LogP contribution in [0.15, 0.2) is 23.3 Å². The molecular formula is C20H34IN5O2. The van der Waals surface area contributed by atoms with Gasteiger partial charge in [-0.2, -0.15) is 0 Å². The van der Waals surface area contributed by atoms with Gasteiger partial charge in [-0.05, 0) is 32.8 Å². The predicted molar refractivity (Wildman–Crippen MR) is 124 cm³/mol. The van der Waals surface area contributed by atoms with Crippen molar-refractivity contribution >= 4 is 35.8 Å². The lowest BCUT2D eigenvalue weighted by Crippen LogP contribution is -2.47. The van der Waals surface area contributed by atoms with Gasteiger partial charge < -0.3 is 24.6 Å². The van der Waals surface area contributed by atoms with Crippen molar-refractivity contribution in [1.82, 2.24) is 15.2 Å². The molecule has 0 spiro atoms. The number of nitrogens with zero attached hydrogens (tertiary/aromatic N) is 4. The number of halogens is 1. The summed E-state index contributed by atoms with van der Waals surface area (Å²) in [5.74, 6) is 2.03. The fourth-order valence-electron chi connectivity index (χ4n) is 3.67. The highest BCUT2D eigenvalue weighted by Gasteiger charge is 2.22. The SMILES string of the molecule is CCNC(=NCc1cccnc1N1CCOCC1)N1CCC(OCC)CC1.I. The highest BCUT2D eigenvalue weighted by Crippen LogP contribution is 2.20. The second kappa shape index (κ2) is 12.4. The quantitative estimate of drug-likeness (QED) is 0.366. The molecule has 3 rings (SSSR count). The van der Waals surface area contributed by atoms with Crippen molar-refractivity contribution in [2.45, 2.75) is 39.3 Å². The van der Waals surface area contributed by atoms with Crippen molar-refractivity contribution in [3.8, 4) is 0 Å².